The van der Waals surface area contributed by atoms with Gasteiger partial charge in [0.05, 0.1) is 28.1 Å². The Hall–Kier alpha value is -2.78. The molecule has 10 heteroatoms. The van der Waals surface area contributed by atoms with Crippen LogP contribution in [-0.2, 0) is 10.0 Å². The van der Waals surface area contributed by atoms with Gasteiger partial charge in [0.25, 0.3) is 15.9 Å². The molecular formula is C20H20ClN3O5S. The van der Waals surface area contributed by atoms with Crippen molar-refractivity contribution in [3.05, 3.63) is 47.1 Å². The summed E-state index contributed by atoms with van der Waals surface area (Å²) in [5.41, 5.74) is 0.758. The predicted octanol–water partition coefficient (Wildman–Crippen LogP) is 3.92. The number of nitrogens with zero attached hydrogens (tertiary/aromatic N) is 2. The van der Waals surface area contributed by atoms with Gasteiger partial charge < -0.3 is 14.2 Å². The molecule has 0 saturated carbocycles. The third-order valence-electron chi connectivity index (χ3n) is 5.00. The average Bonchev–Trinajstić information content (AvgIpc) is 3.17. The lowest BCUT2D eigenvalue weighted by molar-refractivity contribution is 0.0716. The number of nitrogens with one attached hydrogen (secondary N) is 1. The predicted molar refractivity (Wildman–Crippen MR) is 113 cm³/mol. The average molecular weight is 450 g/mol. The number of aromatic nitrogens is 1. The molecular weight excluding hydrogens is 430 g/mol. The molecule has 2 heterocycles. The van der Waals surface area contributed by atoms with E-state index in [1.54, 1.807) is 17.0 Å². The Morgan fingerprint density at radius 2 is 1.93 bits per heavy atom. The standard InChI is InChI=1S/C20H20ClN3O5S/c1-28-18-7-5-13(11-16(18)21)23-30(26,27)14-6-8-17-15(12-14)19(22-29-17)20(25)24-9-3-2-4-10-24/h5-8,11-12,23H,2-4,9-10H2,1H3. The molecule has 0 bridgehead atoms. The number of benzene rings is 2. The summed E-state index contributed by atoms with van der Waals surface area (Å²) in [5.74, 6) is 0.185. The Bertz CT molecular complexity index is 1200. The van der Waals surface area contributed by atoms with Crippen LogP contribution in [0, 0.1) is 0 Å². The third kappa shape index (κ3) is 3.95. The van der Waals surface area contributed by atoms with Gasteiger partial charge in [0.1, 0.15) is 5.75 Å². The second-order valence-corrected chi connectivity index (χ2v) is 9.09. The summed E-state index contributed by atoms with van der Waals surface area (Å²) >= 11 is 6.07. The third-order valence-corrected chi connectivity index (χ3v) is 6.68. The van der Waals surface area contributed by atoms with E-state index in [2.05, 4.69) is 9.88 Å². The van der Waals surface area contributed by atoms with Crippen molar-refractivity contribution < 1.29 is 22.5 Å². The zero-order valence-corrected chi connectivity index (χ0v) is 17.8. The number of fused-ring (bicyclic) bond motifs is 1. The fourth-order valence-corrected chi connectivity index (χ4v) is 4.76. The molecule has 0 spiro atoms. The number of sulfonamides is 1. The van der Waals surface area contributed by atoms with E-state index >= 15 is 0 Å². The zero-order chi connectivity index (χ0) is 21.3. The van der Waals surface area contributed by atoms with Gasteiger partial charge in [-0.2, -0.15) is 0 Å². The van der Waals surface area contributed by atoms with Crippen LogP contribution in [0.25, 0.3) is 11.0 Å². The largest absolute Gasteiger partial charge is 0.495 e. The molecule has 0 radical (unpaired) electrons. The molecule has 2 aromatic carbocycles. The summed E-state index contributed by atoms with van der Waals surface area (Å²) in [5, 5.41) is 4.54. The van der Waals surface area contributed by atoms with E-state index in [0.29, 0.717) is 29.8 Å². The Morgan fingerprint density at radius 3 is 2.63 bits per heavy atom. The first-order valence-corrected chi connectivity index (χ1v) is 11.3. The van der Waals surface area contributed by atoms with Gasteiger partial charge in [-0.15, -0.1) is 0 Å². The lowest BCUT2D eigenvalue weighted by Crippen LogP contribution is -2.35. The molecule has 1 aromatic heterocycles. The number of halogens is 1. The molecule has 1 N–H and O–H groups in total. The van der Waals surface area contributed by atoms with Crippen molar-refractivity contribution in [3.63, 3.8) is 0 Å². The van der Waals surface area contributed by atoms with E-state index in [0.717, 1.165) is 19.3 Å². The maximum Gasteiger partial charge on any atom is 0.276 e. The SMILES string of the molecule is COc1ccc(NS(=O)(=O)c2ccc3onc(C(=O)N4CCCCC4)c3c2)cc1Cl. The molecule has 3 aromatic rings. The van der Waals surface area contributed by atoms with Crippen molar-refractivity contribution in [1.82, 2.24) is 10.1 Å². The van der Waals surface area contributed by atoms with Gasteiger partial charge in [-0.05, 0) is 55.7 Å². The topological polar surface area (TPSA) is 102 Å². The molecule has 8 nitrogen and oxygen atoms in total. The van der Waals surface area contributed by atoms with Crippen LogP contribution in [0.2, 0.25) is 5.02 Å². The van der Waals surface area contributed by atoms with Crippen LogP contribution in [0.3, 0.4) is 0 Å². The fourth-order valence-electron chi connectivity index (χ4n) is 3.43. The molecule has 30 heavy (non-hydrogen) atoms. The van der Waals surface area contributed by atoms with Crippen LogP contribution in [0.4, 0.5) is 5.69 Å². The highest BCUT2D eigenvalue weighted by Crippen LogP contribution is 2.29. The zero-order valence-electron chi connectivity index (χ0n) is 16.2. The highest BCUT2D eigenvalue weighted by molar-refractivity contribution is 7.92. The Balaban J connectivity index is 1.65. The number of rotatable bonds is 5. The number of hydrogen-bond donors (Lipinski definition) is 1. The monoisotopic (exact) mass is 449 g/mol. The summed E-state index contributed by atoms with van der Waals surface area (Å²) in [6, 6.07) is 8.86. The molecule has 1 aliphatic rings. The number of methoxy groups -OCH3 is 1. The number of piperidine rings is 1. The molecule has 0 atom stereocenters. The maximum absolute atomic E-state index is 12.9. The minimum Gasteiger partial charge on any atom is -0.495 e. The van der Waals surface area contributed by atoms with E-state index in [-0.39, 0.29) is 27.2 Å². The smallest absolute Gasteiger partial charge is 0.276 e. The van der Waals surface area contributed by atoms with E-state index in [9.17, 15) is 13.2 Å². The first kappa shape index (κ1) is 20.5. The number of amides is 1. The molecule has 1 saturated heterocycles. The minimum absolute atomic E-state index is 0.0159. The number of hydrogen-bond acceptors (Lipinski definition) is 6. The van der Waals surface area contributed by atoms with Gasteiger partial charge in [-0.3, -0.25) is 9.52 Å². The van der Waals surface area contributed by atoms with Crippen molar-refractivity contribution in [1.29, 1.82) is 0 Å². The van der Waals surface area contributed by atoms with Gasteiger partial charge in [0.2, 0.25) is 0 Å². The quantitative estimate of drug-likeness (QED) is 0.633. The number of likely N-dealkylation sites (tertiary alicyclic amines) is 1. The number of carbonyl (C=O) groups excluding carboxylic acids is 1. The summed E-state index contributed by atoms with van der Waals surface area (Å²) in [6.07, 6.45) is 2.97. The normalized spacial score (nSPS) is 14.7. The van der Waals surface area contributed by atoms with Gasteiger partial charge in [0.15, 0.2) is 11.3 Å². The van der Waals surface area contributed by atoms with E-state index in [1.165, 1.54) is 31.4 Å². The van der Waals surface area contributed by atoms with Crippen molar-refractivity contribution >= 4 is 44.2 Å². The Labute approximate surface area is 178 Å². The van der Waals surface area contributed by atoms with Gasteiger partial charge in [-0.1, -0.05) is 16.8 Å². The van der Waals surface area contributed by atoms with Crippen LogP contribution in [0.15, 0.2) is 45.8 Å². The lowest BCUT2D eigenvalue weighted by atomic mass is 10.1. The van der Waals surface area contributed by atoms with Crippen molar-refractivity contribution in [2.75, 3.05) is 24.9 Å². The van der Waals surface area contributed by atoms with E-state index in [4.69, 9.17) is 20.9 Å². The molecule has 4 rings (SSSR count). The Morgan fingerprint density at radius 1 is 1.17 bits per heavy atom. The second-order valence-electron chi connectivity index (χ2n) is 7.00. The van der Waals surface area contributed by atoms with Crippen molar-refractivity contribution in [3.8, 4) is 5.75 Å². The van der Waals surface area contributed by atoms with E-state index < -0.39 is 10.0 Å². The summed E-state index contributed by atoms with van der Waals surface area (Å²) in [6.45, 7) is 1.32. The van der Waals surface area contributed by atoms with E-state index in [1.807, 2.05) is 0 Å². The van der Waals surface area contributed by atoms with Gasteiger partial charge >= 0.3 is 0 Å². The van der Waals surface area contributed by atoms with Crippen molar-refractivity contribution in [2.45, 2.75) is 24.2 Å². The molecule has 1 aliphatic heterocycles. The lowest BCUT2D eigenvalue weighted by Gasteiger charge is -2.25. The summed E-state index contributed by atoms with van der Waals surface area (Å²) in [7, 11) is -2.46. The molecule has 158 valence electrons. The minimum atomic E-state index is -3.93. The number of carbonyl (C=O) groups is 1. The summed E-state index contributed by atoms with van der Waals surface area (Å²) < 4.78 is 38.6. The molecule has 0 aliphatic carbocycles. The van der Waals surface area contributed by atoms with Crippen LogP contribution in [-0.4, -0.2) is 44.6 Å². The summed E-state index contributed by atoms with van der Waals surface area (Å²) in [4.78, 5) is 14.5. The first-order valence-electron chi connectivity index (χ1n) is 9.44. The van der Waals surface area contributed by atoms with Crippen LogP contribution >= 0.6 is 11.6 Å². The van der Waals surface area contributed by atoms with Gasteiger partial charge in [0, 0.05) is 13.1 Å². The molecule has 1 fully saturated rings. The van der Waals surface area contributed by atoms with Crippen LogP contribution < -0.4 is 9.46 Å². The van der Waals surface area contributed by atoms with Gasteiger partial charge in [-0.25, -0.2) is 8.42 Å². The van der Waals surface area contributed by atoms with Crippen LogP contribution in [0.1, 0.15) is 29.8 Å². The fraction of sp³-hybridized carbons (Fsp3) is 0.300. The molecule has 1 amide bonds. The number of anilines is 1. The Kier molecular flexibility index (Phi) is 5.57. The van der Waals surface area contributed by atoms with Crippen molar-refractivity contribution in [2.24, 2.45) is 0 Å². The highest BCUT2D eigenvalue weighted by atomic mass is 35.5. The molecule has 0 unspecified atom stereocenters. The maximum atomic E-state index is 12.9. The number of ether oxygens (including phenoxy) is 1. The van der Waals surface area contributed by atoms with Crippen LogP contribution in [0.5, 0.6) is 5.75 Å². The highest BCUT2D eigenvalue weighted by Gasteiger charge is 2.25. The second kappa shape index (κ2) is 8.16. The first-order chi connectivity index (χ1) is 14.4.